The number of carbonyl (C=O) groups is 1. The molecule has 6 nitrogen and oxygen atoms in total. The van der Waals surface area contributed by atoms with Gasteiger partial charge in [-0.3, -0.25) is 4.79 Å². The van der Waals surface area contributed by atoms with Crippen molar-refractivity contribution < 1.29 is 9.32 Å². The summed E-state index contributed by atoms with van der Waals surface area (Å²) in [5.74, 6) is 0.445. The number of aryl methyl sites for hydroxylation is 2. The maximum atomic E-state index is 12.0. The Labute approximate surface area is 110 Å². The standard InChI is InChI=1S/C13H16N4O2/c1-7-11(8(2)19-17-7)6-16-13(18)10-4-3-9(14)5-12(10)15/h3-5H,6,14-15H2,1-2H3,(H,16,18). The smallest absolute Gasteiger partial charge is 0.253 e. The molecule has 2 rings (SSSR count). The number of hydrogen-bond acceptors (Lipinski definition) is 5. The molecule has 0 saturated carbocycles. The van der Waals surface area contributed by atoms with Crippen LogP contribution < -0.4 is 16.8 Å². The molecule has 0 aliphatic carbocycles. The molecule has 100 valence electrons. The first-order chi connectivity index (χ1) is 8.99. The highest BCUT2D eigenvalue weighted by atomic mass is 16.5. The lowest BCUT2D eigenvalue weighted by atomic mass is 10.1. The first kappa shape index (κ1) is 12.9. The van der Waals surface area contributed by atoms with E-state index in [0.717, 1.165) is 11.3 Å². The van der Waals surface area contributed by atoms with Crippen molar-refractivity contribution in [3.8, 4) is 0 Å². The van der Waals surface area contributed by atoms with Crippen molar-refractivity contribution in [2.75, 3.05) is 11.5 Å². The lowest BCUT2D eigenvalue weighted by Crippen LogP contribution is -2.24. The molecule has 1 amide bonds. The van der Waals surface area contributed by atoms with Gasteiger partial charge in [0.25, 0.3) is 5.91 Å². The minimum atomic E-state index is -0.252. The van der Waals surface area contributed by atoms with Crippen LogP contribution in [0.4, 0.5) is 11.4 Å². The van der Waals surface area contributed by atoms with Crippen LogP contribution in [0.25, 0.3) is 0 Å². The second-order valence-corrected chi connectivity index (χ2v) is 4.33. The van der Waals surface area contributed by atoms with Crippen LogP contribution in [0.5, 0.6) is 0 Å². The Balaban J connectivity index is 2.10. The van der Waals surface area contributed by atoms with Crippen molar-refractivity contribution in [2.24, 2.45) is 0 Å². The van der Waals surface area contributed by atoms with E-state index >= 15 is 0 Å². The quantitative estimate of drug-likeness (QED) is 0.723. The van der Waals surface area contributed by atoms with E-state index in [2.05, 4.69) is 10.5 Å². The van der Waals surface area contributed by atoms with Crippen molar-refractivity contribution in [2.45, 2.75) is 20.4 Å². The fourth-order valence-electron chi connectivity index (χ4n) is 1.81. The first-order valence-electron chi connectivity index (χ1n) is 5.84. The summed E-state index contributed by atoms with van der Waals surface area (Å²) in [4.78, 5) is 12.0. The van der Waals surface area contributed by atoms with E-state index in [1.165, 1.54) is 0 Å². The minimum absolute atomic E-state index is 0.252. The zero-order chi connectivity index (χ0) is 14.0. The first-order valence-corrected chi connectivity index (χ1v) is 5.84. The molecule has 1 aromatic heterocycles. The van der Waals surface area contributed by atoms with Gasteiger partial charge in [-0.15, -0.1) is 0 Å². The van der Waals surface area contributed by atoms with Crippen LogP contribution in [0.3, 0.4) is 0 Å². The van der Waals surface area contributed by atoms with Crippen LogP contribution in [0.1, 0.15) is 27.4 Å². The number of nitrogens with zero attached hydrogens (tertiary/aromatic N) is 1. The van der Waals surface area contributed by atoms with Crippen molar-refractivity contribution in [3.05, 3.63) is 40.8 Å². The molecule has 0 saturated heterocycles. The predicted octanol–water partition coefficient (Wildman–Crippen LogP) is 1.39. The van der Waals surface area contributed by atoms with Crippen molar-refractivity contribution in [1.29, 1.82) is 0 Å². The SMILES string of the molecule is Cc1noc(C)c1CNC(=O)c1ccc(N)cc1N. The molecule has 0 spiro atoms. The van der Waals surface area contributed by atoms with Gasteiger partial charge in [-0.25, -0.2) is 0 Å². The van der Waals surface area contributed by atoms with E-state index in [9.17, 15) is 4.79 Å². The predicted molar refractivity (Wildman–Crippen MR) is 72.4 cm³/mol. The van der Waals surface area contributed by atoms with Gasteiger partial charge in [-0.2, -0.15) is 0 Å². The number of hydrogen-bond donors (Lipinski definition) is 3. The average molecular weight is 260 g/mol. The molecule has 5 N–H and O–H groups in total. The fraction of sp³-hybridized carbons (Fsp3) is 0.231. The Bertz CT molecular complexity index is 600. The maximum absolute atomic E-state index is 12.0. The monoisotopic (exact) mass is 260 g/mol. The van der Waals surface area contributed by atoms with Crippen LogP contribution >= 0.6 is 0 Å². The molecule has 0 radical (unpaired) electrons. The number of aromatic nitrogens is 1. The van der Waals surface area contributed by atoms with E-state index in [1.807, 2.05) is 6.92 Å². The molecule has 6 heteroatoms. The number of carbonyl (C=O) groups excluding carboxylic acids is 1. The Morgan fingerprint density at radius 3 is 2.68 bits per heavy atom. The van der Waals surface area contributed by atoms with Crippen LogP contribution in [-0.2, 0) is 6.54 Å². The van der Waals surface area contributed by atoms with Crippen LogP contribution in [0.15, 0.2) is 22.7 Å². The van der Waals surface area contributed by atoms with E-state index in [4.69, 9.17) is 16.0 Å². The number of benzene rings is 1. The molecule has 1 aromatic carbocycles. The summed E-state index contributed by atoms with van der Waals surface area (Å²) in [6, 6.07) is 4.80. The Hall–Kier alpha value is -2.50. The summed E-state index contributed by atoms with van der Waals surface area (Å²) in [6.07, 6.45) is 0. The summed E-state index contributed by atoms with van der Waals surface area (Å²) in [7, 11) is 0. The van der Waals surface area contributed by atoms with Crippen molar-refractivity contribution in [3.63, 3.8) is 0 Å². The zero-order valence-electron chi connectivity index (χ0n) is 10.9. The van der Waals surface area contributed by atoms with E-state index in [-0.39, 0.29) is 5.91 Å². The highest BCUT2D eigenvalue weighted by molar-refractivity contribution is 5.99. The van der Waals surface area contributed by atoms with Crippen LogP contribution in [0, 0.1) is 13.8 Å². The third-order valence-corrected chi connectivity index (χ3v) is 2.93. The van der Waals surface area contributed by atoms with Gasteiger partial charge >= 0.3 is 0 Å². The van der Waals surface area contributed by atoms with Gasteiger partial charge < -0.3 is 21.3 Å². The van der Waals surface area contributed by atoms with Gasteiger partial charge in [-0.1, -0.05) is 5.16 Å². The molecular weight excluding hydrogens is 244 g/mol. The lowest BCUT2D eigenvalue weighted by molar-refractivity contribution is 0.0951. The van der Waals surface area contributed by atoms with Gasteiger partial charge in [0, 0.05) is 23.5 Å². The maximum Gasteiger partial charge on any atom is 0.253 e. The van der Waals surface area contributed by atoms with Crippen LogP contribution in [0.2, 0.25) is 0 Å². The number of anilines is 2. The molecule has 0 unspecified atom stereocenters. The van der Waals surface area contributed by atoms with Gasteiger partial charge in [0.1, 0.15) is 5.76 Å². The molecule has 0 atom stereocenters. The second-order valence-electron chi connectivity index (χ2n) is 4.33. The molecule has 0 aliphatic rings. The van der Waals surface area contributed by atoms with Gasteiger partial charge in [-0.05, 0) is 32.0 Å². The van der Waals surface area contributed by atoms with Crippen LogP contribution in [-0.4, -0.2) is 11.1 Å². The zero-order valence-corrected chi connectivity index (χ0v) is 10.9. The minimum Gasteiger partial charge on any atom is -0.399 e. The number of nitrogens with one attached hydrogen (secondary N) is 1. The Morgan fingerprint density at radius 2 is 2.11 bits per heavy atom. The molecule has 0 fully saturated rings. The topological polar surface area (TPSA) is 107 Å². The summed E-state index contributed by atoms with van der Waals surface area (Å²) < 4.78 is 5.03. The van der Waals surface area contributed by atoms with E-state index < -0.39 is 0 Å². The summed E-state index contributed by atoms with van der Waals surface area (Å²) in [5.41, 5.74) is 14.3. The molecule has 1 heterocycles. The molecular formula is C13H16N4O2. The number of nitrogens with two attached hydrogens (primary N) is 2. The van der Waals surface area contributed by atoms with Gasteiger partial charge in [0.15, 0.2) is 0 Å². The highest BCUT2D eigenvalue weighted by Crippen LogP contribution is 2.16. The van der Waals surface area contributed by atoms with E-state index in [0.29, 0.717) is 29.2 Å². The lowest BCUT2D eigenvalue weighted by Gasteiger charge is -2.08. The second kappa shape index (κ2) is 5.01. The molecule has 0 aliphatic heterocycles. The van der Waals surface area contributed by atoms with Crippen molar-refractivity contribution in [1.82, 2.24) is 10.5 Å². The van der Waals surface area contributed by atoms with Gasteiger partial charge in [0.2, 0.25) is 0 Å². The fourth-order valence-corrected chi connectivity index (χ4v) is 1.81. The summed E-state index contributed by atoms with van der Waals surface area (Å²) in [6.45, 7) is 3.98. The largest absolute Gasteiger partial charge is 0.399 e. The normalized spacial score (nSPS) is 10.4. The summed E-state index contributed by atoms with van der Waals surface area (Å²) in [5, 5.41) is 6.61. The molecule has 19 heavy (non-hydrogen) atoms. The van der Waals surface area contributed by atoms with E-state index in [1.54, 1.807) is 25.1 Å². The Kier molecular flexibility index (Phi) is 3.41. The molecule has 2 aromatic rings. The Morgan fingerprint density at radius 1 is 1.37 bits per heavy atom. The highest BCUT2D eigenvalue weighted by Gasteiger charge is 2.13. The third-order valence-electron chi connectivity index (χ3n) is 2.93. The third kappa shape index (κ3) is 2.67. The number of rotatable bonds is 3. The average Bonchev–Trinajstić information content (AvgIpc) is 2.66. The van der Waals surface area contributed by atoms with Gasteiger partial charge in [0.05, 0.1) is 11.3 Å². The number of nitrogen functional groups attached to an aromatic ring is 2. The molecule has 0 bridgehead atoms. The summed E-state index contributed by atoms with van der Waals surface area (Å²) >= 11 is 0. The van der Waals surface area contributed by atoms with Crippen molar-refractivity contribution >= 4 is 17.3 Å². The number of amides is 1.